The normalized spacial score (nSPS) is 10.1. The lowest BCUT2D eigenvalue weighted by Crippen LogP contribution is -2.03. The molecule has 0 N–H and O–H groups in total. The number of rotatable bonds is 0. The zero-order valence-electron chi connectivity index (χ0n) is 14.4. The van der Waals surface area contributed by atoms with Crippen LogP contribution >= 0.6 is 0 Å². The Morgan fingerprint density at radius 1 is 0.586 bits per heavy atom. The predicted molar refractivity (Wildman–Crippen MR) is 95.6 cm³/mol. The van der Waals surface area contributed by atoms with Gasteiger partial charge in [-0.15, -0.1) is 4.98 Å². The number of nitrogens with zero attached hydrogens (tertiary/aromatic N) is 11. The predicted octanol–water partition coefficient (Wildman–Crippen LogP) is 1.86. The van der Waals surface area contributed by atoms with Crippen molar-refractivity contribution in [2.24, 2.45) is 0 Å². The van der Waals surface area contributed by atoms with Gasteiger partial charge in [-0.1, -0.05) is 6.57 Å². The Balaban J connectivity index is 2.41. The summed E-state index contributed by atoms with van der Waals surface area (Å²) in [4.78, 5) is 28.6. The molecule has 0 saturated carbocycles. The molecule has 0 spiro atoms. The first-order chi connectivity index (χ1) is 14.1. The highest BCUT2D eigenvalue weighted by molar-refractivity contribution is 6.18. The molecule has 0 aliphatic carbocycles. The van der Waals surface area contributed by atoms with E-state index in [2.05, 4.69) is 34.7 Å². The van der Waals surface area contributed by atoms with Crippen LogP contribution in [0, 0.1) is 58.8 Å². The summed E-state index contributed by atoms with van der Waals surface area (Å²) in [6, 6.07) is 7.33. The van der Waals surface area contributed by atoms with Crippen LogP contribution in [0.3, 0.4) is 0 Å². The first kappa shape index (κ1) is 17.1. The summed E-state index contributed by atoms with van der Waals surface area (Å²) in [5, 5.41) is 37.2. The van der Waals surface area contributed by atoms with Gasteiger partial charge in [-0.3, -0.25) is 0 Å². The molecule has 0 bridgehead atoms. The van der Waals surface area contributed by atoms with E-state index in [9.17, 15) is 21.0 Å². The molecule has 0 aliphatic rings. The SMILES string of the molecule is [C-]#[N+]c1nc2c3nc(C#N)c(C#N)nc3c3nc(C)c(C#N)nc3c2nc1C#N. The van der Waals surface area contributed by atoms with Gasteiger partial charge in [0.15, 0.2) is 22.8 Å². The van der Waals surface area contributed by atoms with Crippen LogP contribution in [0.5, 0.6) is 0 Å². The van der Waals surface area contributed by atoms with Crippen molar-refractivity contribution in [3.8, 4) is 24.3 Å². The van der Waals surface area contributed by atoms with Crippen LogP contribution in [0.1, 0.15) is 28.5 Å². The van der Waals surface area contributed by atoms with Gasteiger partial charge in [0.2, 0.25) is 5.52 Å². The van der Waals surface area contributed by atoms with Crippen molar-refractivity contribution >= 4 is 38.9 Å². The van der Waals surface area contributed by atoms with E-state index in [1.165, 1.54) is 0 Å². The van der Waals surface area contributed by atoms with Gasteiger partial charge >= 0.3 is 5.82 Å². The Morgan fingerprint density at radius 3 is 1.41 bits per heavy atom. The van der Waals surface area contributed by atoms with Crippen LogP contribution in [0.15, 0.2) is 0 Å². The van der Waals surface area contributed by atoms with Crippen LogP contribution in [-0.4, -0.2) is 29.9 Å². The summed E-state index contributed by atoms with van der Waals surface area (Å²) >= 11 is 0. The molecule has 4 rings (SSSR count). The summed E-state index contributed by atoms with van der Waals surface area (Å²) in [6.45, 7) is 8.82. The maximum absolute atomic E-state index is 9.31. The summed E-state index contributed by atoms with van der Waals surface area (Å²) in [5.41, 5.74) is 0.357. The molecule has 11 heteroatoms. The minimum absolute atomic E-state index is 0.0369. The molecule has 1 aromatic carbocycles. The number of hydrogen-bond donors (Lipinski definition) is 0. The van der Waals surface area contributed by atoms with E-state index < -0.39 is 0 Å². The Morgan fingerprint density at radius 2 is 0.966 bits per heavy atom. The van der Waals surface area contributed by atoms with Gasteiger partial charge in [0, 0.05) is 0 Å². The largest absolute Gasteiger partial charge is 0.358 e. The average molecular weight is 373 g/mol. The quantitative estimate of drug-likeness (QED) is 0.326. The molecule has 0 unspecified atom stereocenters. The second-order valence-corrected chi connectivity index (χ2v) is 5.62. The fraction of sp³-hybridized carbons (Fsp3) is 0.0556. The molecular weight excluding hydrogens is 370 g/mol. The number of fused-ring (bicyclic) bond motifs is 6. The van der Waals surface area contributed by atoms with Crippen molar-refractivity contribution < 1.29 is 0 Å². The molecule has 11 nitrogen and oxygen atoms in total. The topological polar surface area (TPSA) is 177 Å². The van der Waals surface area contributed by atoms with Crippen molar-refractivity contribution in [1.82, 2.24) is 29.9 Å². The zero-order chi connectivity index (χ0) is 20.7. The molecule has 4 aromatic rings. The summed E-state index contributed by atoms with van der Waals surface area (Å²) in [6.07, 6.45) is 0. The summed E-state index contributed by atoms with van der Waals surface area (Å²) < 4.78 is 0. The van der Waals surface area contributed by atoms with E-state index in [-0.39, 0.29) is 61.7 Å². The average Bonchev–Trinajstić information content (AvgIpc) is 2.76. The molecular formula is C18H3N11. The number of hydrogen-bond acceptors (Lipinski definition) is 10. The molecule has 29 heavy (non-hydrogen) atoms. The highest BCUT2D eigenvalue weighted by Crippen LogP contribution is 2.32. The minimum atomic E-state index is -0.258. The van der Waals surface area contributed by atoms with Gasteiger partial charge in [-0.2, -0.15) is 21.0 Å². The van der Waals surface area contributed by atoms with Gasteiger partial charge < -0.3 is 4.85 Å². The zero-order valence-corrected chi connectivity index (χ0v) is 14.4. The van der Waals surface area contributed by atoms with Crippen molar-refractivity contribution in [2.75, 3.05) is 0 Å². The Labute approximate surface area is 161 Å². The van der Waals surface area contributed by atoms with Crippen molar-refractivity contribution in [2.45, 2.75) is 6.92 Å². The van der Waals surface area contributed by atoms with E-state index in [4.69, 9.17) is 6.57 Å². The van der Waals surface area contributed by atoms with Crippen LogP contribution in [0.2, 0.25) is 0 Å². The maximum atomic E-state index is 9.31. The monoisotopic (exact) mass is 373 g/mol. The first-order valence-electron chi connectivity index (χ1n) is 7.77. The molecule has 130 valence electrons. The number of aryl methyl sites for hydroxylation is 1. The second-order valence-electron chi connectivity index (χ2n) is 5.62. The lowest BCUT2D eigenvalue weighted by Gasteiger charge is -2.08. The molecule has 3 aromatic heterocycles. The Kier molecular flexibility index (Phi) is 3.63. The lowest BCUT2D eigenvalue weighted by molar-refractivity contribution is 1.14. The van der Waals surface area contributed by atoms with Crippen LogP contribution < -0.4 is 0 Å². The maximum Gasteiger partial charge on any atom is 0.307 e. The molecule has 3 heterocycles. The number of aromatic nitrogens is 6. The number of benzene rings is 1. The lowest BCUT2D eigenvalue weighted by atomic mass is 10.1. The highest BCUT2D eigenvalue weighted by atomic mass is 15.0. The van der Waals surface area contributed by atoms with Gasteiger partial charge in [0.05, 0.1) is 5.69 Å². The molecule has 0 saturated heterocycles. The van der Waals surface area contributed by atoms with Crippen molar-refractivity contribution in [3.63, 3.8) is 0 Å². The van der Waals surface area contributed by atoms with Gasteiger partial charge in [0.25, 0.3) is 0 Å². The minimum Gasteiger partial charge on any atom is -0.358 e. The molecule has 0 radical (unpaired) electrons. The highest BCUT2D eigenvalue weighted by Gasteiger charge is 2.24. The van der Waals surface area contributed by atoms with Crippen molar-refractivity contribution in [3.05, 3.63) is 39.9 Å². The van der Waals surface area contributed by atoms with Crippen LogP contribution in [-0.2, 0) is 0 Å². The molecule has 0 amide bonds. The first-order valence-corrected chi connectivity index (χ1v) is 7.77. The van der Waals surface area contributed by atoms with Crippen LogP contribution in [0.25, 0.3) is 37.9 Å². The number of nitriles is 4. The Hall–Kier alpha value is -5.31. The molecule has 0 aliphatic heterocycles. The van der Waals surface area contributed by atoms with Gasteiger partial charge in [-0.25, -0.2) is 24.9 Å². The third-order valence-electron chi connectivity index (χ3n) is 4.05. The fourth-order valence-electron chi connectivity index (χ4n) is 2.79. The van der Waals surface area contributed by atoms with E-state index in [0.717, 1.165) is 0 Å². The van der Waals surface area contributed by atoms with E-state index in [1.54, 1.807) is 25.1 Å². The van der Waals surface area contributed by atoms with Crippen molar-refractivity contribution in [1.29, 1.82) is 21.0 Å². The van der Waals surface area contributed by atoms with Gasteiger partial charge in [-0.05, 0) is 6.92 Å². The summed E-state index contributed by atoms with van der Waals surface area (Å²) in [7, 11) is 0. The standard InChI is InChI=1S/C18H3N11/c1-7-8(3-19)25-13-12(24-7)14-15(27-10(5-21)9(4-20)26-14)17-16(13)28-11(6-22)18(23-2)29-17/h1H3. The van der Waals surface area contributed by atoms with E-state index in [0.29, 0.717) is 5.69 Å². The summed E-state index contributed by atoms with van der Waals surface area (Å²) in [5.74, 6) is -0.258. The Bertz CT molecular complexity index is 1570. The molecule has 0 fully saturated rings. The van der Waals surface area contributed by atoms with Crippen LogP contribution in [0.4, 0.5) is 5.82 Å². The van der Waals surface area contributed by atoms with Gasteiger partial charge in [0.1, 0.15) is 51.9 Å². The van der Waals surface area contributed by atoms with E-state index in [1.807, 2.05) is 6.07 Å². The second kappa shape index (κ2) is 6.14. The third-order valence-corrected chi connectivity index (χ3v) is 4.05. The molecule has 0 atom stereocenters. The fourth-order valence-corrected chi connectivity index (χ4v) is 2.79. The smallest absolute Gasteiger partial charge is 0.307 e. The van der Waals surface area contributed by atoms with E-state index >= 15 is 0 Å². The third kappa shape index (κ3) is 2.32.